The summed E-state index contributed by atoms with van der Waals surface area (Å²) in [5.41, 5.74) is 10.1. The number of aromatic nitrogens is 1. The van der Waals surface area contributed by atoms with E-state index in [1.165, 1.54) is 12.1 Å². The van der Waals surface area contributed by atoms with Gasteiger partial charge < -0.3 is 15.4 Å². The zero-order valence-corrected chi connectivity index (χ0v) is 19.3. The van der Waals surface area contributed by atoms with Gasteiger partial charge in [0.15, 0.2) is 0 Å². The fraction of sp³-hybridized carbons (Fsp3) is 0.0800. The Kier molecular flexibility index (Phi) is 5.47. The minimum absolute atomic E-state index is 0.0846. The molecule has 2 aromatic heterocycles. The molecule has 7 nitrogen and oxygen atoms in total. The van der Waals surface area contributed by atoms with E-state index in [2.05, 4.69) is 5.38 Å². The first-order chi connectivity index (χ1) is 16.3. The molecular weight excluding hydrogens is 474 g/mol. The van der Waals surface area contributed by atoms with Crippen molar-refractivity contribution in [2.45, 2.75) is 13.0 Å². The second kappa shape index (κ2) is 8.48. The van der Waals surface area contributed by atoms with Gasteiger partial charge in [-0.05, 0) is 63.4 Å². The molecular formula is C25H18ClN3O4S. The number of nitro benzene ring substituents is 1. The molecule has 9 heteroatoms. The summed E-state index contributed by atoms with van der Waals surface area (Å²) < 4.78 is 3.13. The number of nitrogen functional groups attached to an aromatic ring is 1. The molecule has 0 radical (unpaired) electrons. The van der Waals surface area contributed by atoms with Crippen LogP contribution in [-0.2, 0) is 17.8 Å². The Bertz CT molecular complexity index is 1610. The molecule has 0 spiro atoms. The van der Waals surface area contributed by atoms with Crippen LogP contribution >= 0.6 is 22.9 Å². The first kappa shape index (κ1) is 21.9. The molecule has 0 aliphatic heterocycles. The van der Waals surface area contributed by atoms with Crippen LogP contribution in [0.1, 0.15) is 11.1 Å². The summed E-state index contributed by atoms with van der Waals surface area (Å²) in [6.45, 7) is 0.525. The average molecular weight is 492 g/mol. The van der Waals surface area contributed by atoms with Gasteiger partial charge >= 0.3 is 5.97 Å². The van der Waals surface area contributed by atoms with Gasteiger partial charge in [0.25, 0.3) is 5.69 Å². The van der Waals surface area contributed by atoms with Gasteiger partial charge in [-0.15, -0.1) is 11.3 Å². The number of non-ortho nitro benzene ring substituents is 1. The van der Waals surface area contributed by atoms with E-state index in [-0.39, 0.29) is 12.1 Å². The first-order valence-corrected chi connectivity index (χ1v) is 11.6. The van der Waals surface area contributed by atoms with Crippen molar-refractivity contribution in [3.05, 3.63) is 92.4 Å². The molecule has 0 unspecified atom stereocenters. The lowest BCUT2D eigenvalue weighted by Crippen LogP contribution is -2.00. The second-order valence-corrected chi connectivity index (χ2v) is 9.40. The minimum atomic E-state index is -0.914. The summed E-state index contributed by atoms with van der Waals surface area (Å²) in [6, 6.07) is 15.9. The van der Waals surface area contributed by atoms with Gasteiger partial charge in [0.2, 0.25) is 0 Å². The normalized spacial score (nSPS) is 11.3. The van der Waals surface area contributed by atoms with Crippen LogP contribution in [0.4, 0.5) is 11.4 Å². The first-order valence-electron chi connectivity index (χ1n) is 10.3. The van der Waals surface area contributed by atoms with Gasteiger partial charge in [0.1, 0.15) is 0 Å². The van der Waals surface area contributed by atoms with Crippen LogP contribution in [0.5, 0.6) is 0 Å². The highest BCUT2D eigenvalue weighted by molar-refractivity contribution is 7.17. The van der Waals surface area contributed by atoms with E-state index in [0.717, 1.165) is 32.1 Å². The van der Waals surface area contributed by atoms with E-state index >= 15 is 0 Å². The lowest BCUT2D eigenvalue weighted by molar-refractivity contribution is -0.384. The Hall–Kier alpha value is -3.88. The maximum atomic E-state index is 11.5. The van der Waals surface area contributed by atoms with E-state index in [1.807, 2.05) is 47.2 Å². The number of nitro groups is 1. The van der Waals surface area contributed by atoms with Crippen molar-refractivity contribution in [3.63, 3.8) is 0 Å². The van der Waals surface area contributed by atoms with Crippen LogP contribution < -0.4 is 5.73 Å². The maximum absolute atomic E-state index is 11.5. The fourth-order valence-electron chi connectivity index (χ4n) is 4.25. The number of halogens is 1. The van der Waals surface area contributed by atoms with Crippen LogP contribution in [0.2, 0.25) is 5.02 Å². The molecule has 0 atom stereocenters. The summed E-state index contributed by atoms with van der Waals surface area (Å²) in [5.74, 6) is -0.914. The highest BCUT2D eigenvalue weighted by Crippen LogP contribution is 2.34. The highest BCUT2D eigenvalue weighted by Gasteiger charge is 2.16. The van der Waals surface area contributed by atoms with Gasteiger partial charge in [-0.25, -0.2) is 0 Å². The Balaban J connectivity index is 1.65. The van der Waals surface area contributed by atoms with Gasteiger partial charge in [-0.3, -0.25) is 14.9 Å². The minimum Gasteiger partial charge on any atom is -0.481 e. The summed E-state index contributed by atoms with van der Waals surface area (Å²) in [7, 11) is 0. The molecule has 0 aliphatic carbocycles. The average Bonchev–Trinajstić information content (AvgIpc) is 3.34. The van der Waals surface area contributed by atoms with Gasteiger partial charge in [-0.2, -0.15) is 0 Å². The zero-order valence-electron chi connectivity index (χ0n) is 17.7. The number of rotatable bonds is 6. The second-order valence-electron chi connectivity index (χ2n) is 8.06. The maximum Gasteiger partial charge on any atom is 0.307 e. The van der Waals surface area contributed by atoms with Crippen molar-refractivity contribution >= 4 is 61.3 Å². The van der Waals surface area contributed by atoms with Crippen LogP contribution in [-0.4, -0.2) is 20.6 Å². The van der Waals surface area contributed by atoms with E-state index in [1.54, 1.807) is 17.4 Å². The molecule has 3 N–H and O–H groups in total. The number of hydrogen-bond acceptors (Lipinski definition) is 5. The van der Waals surface area contributed by atoms with Crippen molar-refractivity contribution in [3.8, 4) is 11.1 Å². The van der Waals surface area contributed by atoms with E-state index in [0.29, 0.717) is 28.4 Å². The number of fused-ring (bicyclic) bond motifs is 2. The molecule has 0 fully saturated rings. The van der Waals surface area contributed by atoms with Crippen molar-refractivity contribution in [1.82, 2.24) is 4.57 Å². The Morgan fingerprint density at radius 3 is 2.65 bits per heavy atom. The highest BCUT2D eigenvalue weighted by atomic mass is 35.5. The molecule has 0 saturated carbocycles. The molecule has 0 saturated heterocycles. The molecule has 0 amide bonds. The number of aliphatic carboxylic acids is 1. The monoisotopic (exact) mass is 491 g/mol. The number of hydrogen-bond donors (Lipinski definition) is 2. The summed E-state index contributed by atoms with van der Waals surface area (Å²) in [5, 5.41) is 25.3. The molecule has 5 rings (SSSR count). The smallest absolute Gasteiger partial charge is 0.307 e. The third kappa shape index (κ3) is 4.09. The standard InChI is InChI=1S/C25H18ClN3O4S/c26-18-2-4-24-22(9-18)17(13-34-24)12-28-11-16(8-25(30)31)21-3-1-14(7-23(21)28)15-5-19(27)10-20(6-15)29(32)33/h1-7,9-11,13H,8,12,27H2,(H,30,31). The number of carbonyl (C=O) groups is 1. The summed E-state index contributed by atoms with van der Waals surface area (Å²) in [6.07, 6.45) is 1.75. The number of nitrogens with zero attached hydrogens (tertiary/aromatic N) is 2. The summed E-state index contributed by atoms with van der Waals surface area (Å²) in [4.78, 5) is 22.3. The van der Waals surface area contributed by atoms with Gasteiger partial charge in [0, 0.05) is 51.2 Å². The molecule has 5 aromatic rings. The number of benzene rings is 3. The third-order valence-electron chi connectivity index (χ3n) is 5.75. The van der Waals surface area contributed by atoms with Crippen molar-refractivity contribution < 1.29 is 14.8 Å². The Labute approximate surface area is 202 Å². The van der Waals surface area contributed by atoms with Gasteiger partial charge in [0.05, 0.1) is 11.3 Å². The van der Waals surface area contributed by atoms with Crippen LogP contribution in [0.25, 0.3) is 32.1 Å². The quantitative estimate of drug-likeness (QED) is 0.163. The SMILES string of the molecule is Nc1cc(-c2ccc3c(CC(=O)O)cn(Cc4csc5ccc(Cl)cc45)c3c2)cc([N+](=O)[O-])c1. The lowest BCUT2D eigenvalue weighted by atomic mass is 10.0. The van der Waals surface area contributed by atoms with E-state index < -0.39 is 10.9 Å². The lowest BCUT2D eigenvalue weighted by Gasteiger charge is -2.08. The van der Waals surface area contributed by atoms with E-state index in [9.17, 15) is 20.0 Å². The molecule has 0 bridgehead atoms. The molecule has 170 valence electrons. The van der Waals surface area contributed by atoms with Crippen molar-refractivity contribution in [2.24, 2.45) is 0 Å². The predicted octanol–water partition coefficient (Wildman–Crippen LogP) is 6.34. The fourth-order valence-corrected chi connectivity index (χ4v) is 5.36. The molecule has 34 heavy (non-hydrogen) atoms. The topological polar surface area (TPSA) is 111 Å². The number of thiophene rings is 1. The zero-order chi connectivity index (χ0) is 24.0. The Morgan fingerprint density at radius 1 is 1.06 bits per heavy atom. The number of nitrogens with two attached hydrogens (primary N) is 1. The third-order valence-corrected chi connectivity index (χ3v) is 6.99. The molecule has 0 aliphatic rings. The largest absolute Gasteiger partial charge is 0.481 e. The molecule has 2 heterocycles. The van der Waals surface area contributed by atoms with Gasteiger partial charge in [-0.1, -0.05) is 23.7 Å². The van der Waals surface area contributed by atoms with Crippen LogP contribution in [0.3, 0.4) is 0 Å². The van der Waals surface area contributed by atoms with Crippen LogP contribution in [0.15, 0.2) is 66.2 Å². The summed E-state index contributed by atoms with van der Waals surface area (Å²) >= 11 is 7.84. The van der Waals surface area contributed by atoms with E-state index in [4.69, 9.17) is 17.3 Å². The predicted molar refractivity (Wildman–Crippen MR) is 136 cm³/mol. The molecule has 3 aromatic carbocycles. The van der Waals surface area contributed by atoms with Crippen molar-refractivity contribution in [2.75, 3.05) is 5.73 Å². The Morgan fingerprint density at radius 2 is 1.88 bits per heavy atom. The number of carboxylic acids is 1. The number of carboxylic acid groups (broad SMARTS) is 1. The number of anilines is 1. The van der Waals surface area contributed by atoms with Crippen LogP contribution in [0, 0.1) is 10.1 Å². The van der Waals surface area contributed by atoms with Crippen molar-refractivity contribution in [1.29, 1.82) is 0 Å².